The van der Waals surface area contributed by atoms with E-state index >= 15 is 0 Å². The topological polar surface area (TPSA) is 126 Å². The maximum atomic E-state index is 9.61. The maximum absolute atomic E-state index is 9.61. The van der Waals surface area contributed by atoms with E-state index in [1.54, 1.807) is 6.07 Å². The van der Waals surface area contributed by atoms with Crippen molar-refractivity contribution in [3.63, 3.8) is 0 Å². The summed E-state index contributed by atoms with van der Waals surface area (Å²) in [7, 11) is 0. The van der Waals surface area contributed by atoms with Gasteiger partial charge < -0.3 is 25.1 Å². The monoisotopic (exact) mass is 356 g/mol. The Kier molecular flexibility index (Phi) is 5.00. The predicted octanol–water partition coefficient (Wildman–Crippen LogP) is 1.71. The highest BCUT2D eigenvalue weighted by Crippen LogP contribution is 2.44. The van der Waals surface area contributed by atoms with Crippen LogP contribution in [0.2, 0.25) is 0 Å². The number of aromatic amines is 1. The maximum Gasteiger partial charge on any atom is 0.244 e. The average Bonchev–Trinajstić information content (AvgIpc) is 3.00. The number of nitriles is 1. The fraction of sp³-hybridized carbons (Fsp3) is 0.333. The van der Waals surface area contributed by atoms with E-state index in [9.17, 15) is 5.26 Å². The molecular formula is C18H20N4O4. The van der Waals surface area contributed by atoms with Crippen molar-refractivity contribution in [3.05, 3.63) is 46.5 Å². The van der Waals surface area contributed by atoms with Crippen molar-refractivity contribution in [2.75, 3.05) is 19.8 Å². The van der Waals surface area contributed by atoms with Gasteiger partial charge in [-0.3, -0.25) is 5.10 Å². The Hall–Kier alpha value is -3.18. The van der Waals surface area contributed by atoms with Gasteiger partial charge in [-0.2, -0.15) is 5.26 Å². The molecule has 0 saturated carbocycles. The number of aliphatic hydroxyl groups is 1. The minimum atomic E-state index is -0.423. The third-order valence-corrected chi connectivity index (χ3v) is 4.08. The Bertz CT molecular complexity index is 882. The lowest BCUT2D eigenvalue weighted by Gasteiger charge is -2.24. The van der Waals surface area contributed by atoms with E-state index < -0.39 is 5.92 Å². The fourth-order valence-corrected chi connectivity index (χ4v) is 2.98. The Labute approximate surface area is 150 Å². The lowest BCUT2D eigenvalue weighted by molar-refractivity contribution is 0.194. The summed E-state index contributed by atoms with van der Waals surface area (Å²) in [4.78, 5) is 0. The molecule has 0 saturated heterocycles. The van der Waals surface area contributed by atoms with Gasteiger partial charge >= 0.3 is 0 Å². The normalized spacial score (nSPS) is 15.8. The number of nitrogens with zero attached hydrogens (tertiary/aromatic N) is 2. The number of aromatic nitrogens is 2. The van der Waals surface area contributed by atoms with Crippen molar-refractivity contribution < 1.29 is 19.3 Å². The molecule has 0 spiro atoms. The quantitative estimate of drug-likeness (QED) is 0.719. The SMILES string of the molecule is CCOc1cc([C@H]2C(C#N)=C(N)Oc3n[nH]c(C)c32)ccc1OCCO. The first-order valence-electron chi connectivity index (χ1n) is 8.23. The number of ether oxygens (including phenoxy) is 3. The van der Waals surface area contributed by atoms with Crippen molar-refractivity contribution in [1.29, 1.82) is 5.26 Å². The molecule has 0 amide bonds. The molecule has 8 heteroatoms. The number of nitrogens with one attached hydrogen (secondary N) is 1. The minimum absolute atomic E-state index is 0.0371. The average molecular weight is 356 g/mol. The van der Waals surface area contributed by atoms with Crippen LogP contribution in [0, 0.1) is 18.3 Å². The molecule has 1 aromatic heterocycles. The molecule has 8 nitrogen and oxygen atoms in total. The Morgan fingerprint density at radius 3 is 2.88 bits per heavy atom. The molecule has 0 bridgehead atoms. The molecular weight excluding hydrogens is 336 g/mol. The Balaban J connectivity index is 2.11. The number of allylic oxidation sites excluding steroid dienone is 1. The van der Waals surface area contributed by atoms with Gasteiger partial charge in [0.1, 0.15) is 18.2 Å². The van der Waals surface area contributed by atoms with Gasteiger partial charge in [-0.25, -0.2) is 0 Å². The highest BCUT2D eigenvalue weighted by Gasteiger charge is 2.34. The molecule has 2 aromatic rings. The molecule has 1 atom stereocenters. The summed E-state index contributed by atoms with van der Waals surface area (Å²) < 4.78 is 16.7. The van der Waals surface area contributed by atoms with E-state index in [1.165, 1.54) is 0 Å². The second kappa shape index (κ2) is 7.37. The summed E-state index contributed by atoms with van der Waals surface area (Å²) in [5, 5.41) is 25.6. The molecule has 0 fully saturated rings. The summed E-state index contributed by atoms with van der Waals surface area (Å²) in [6, 6.07) is 7.55. The van der Waals surface area contributed by atoms with E-state index in [4.69, 9.17) is 25.1 Å². The van der Waals surface area contributed by atoms with Crippen LogP contribution in [0.25, 0.3) is 0 Å². The Morgan fingerprint density at radius 2 is 2.19 bits per heavy atom. The summed E-state index contributed by atoms with van der Waals surface area (Å²) >= 11 is 0. The zero-order chi connectivity index (χ0) is 18.7. The molecule has 1 aromatic carbocycles. The predicted molar refractivity (Wildman–Crippen MR) is 92.8 cm³/mol. The van der Waals surface area contributed by atoms with Crippen molar-refractivity contribution >= 4 is 0 Å². The van der Waals surface area contributed by atoms with Crippen LogP contribution in [0.5, 0.6) is 17.4 Å². The number of benzene rings is 1. The second-order valence-corrected chi connectivity index (χ2v) is 5.70. The van der Waals surface area contributed by atoms with Crippen LogP contribution in [-0.2, 0) is 0 Å². The molecule has 1 aliphatic rings. The van der Waals surface area contributed by atoms with Crippen LogP contribution in [0.1, 0.15) is 29.7 Å². The summed E-state index contributed by atoms with van der Waals surface area (Å²) in [6.45, 7) is 4.25. The largest absolute Gasteiger partial charge is 0.490 e. The molecule has 3 rings (SSSR count). The van der Waals surface area contributed by atoms with E-state index in [1.807, 2.05) is 26.0 Å². The zero-order valence-corrected chi connectivity index (χ0v) is 14.6. The summed E-state index contributed by atoms with van der Waals surface area (Å²) in [5.41, 5.74) is 8.61. The number of aryl methyl sites for hydroxylation is 1. The number of hydrogen-bond donors (Lipinski definition) is 3. The summed E-state index contributed by atoms with van der Waals surface area (Å²) in [5.74, 6) is 1.03. The number of H-pyrrole nitrogens is 1. The number of fused-ring (bicyclic) bond motifs is 1. The van der Waals surface area contributed by atoms with Gasteiger partial charge in [-0.05, 0) is 31.5 Å². The van der Waals surface area contributed by atoms with Crippen molar-refractivity contribution in [1.82, 2.24) is 10.2 Å². The first-order chi connectivity index (χ1) is 12.6. The van der Waals surface area contributed by atoms with Crippen LogP contribution in [0.15, 0.2) is 29.7 Å². The van der Waals surface area contributed by atoms with E-state index in [0.717, 1.165) is 16.8 Å². The third-order valence-electron chi connectivity index (χ3n) is 4.08. The van der Waals surface area contributed by atoms with Crippen molar-refractivity contribution in [3.8, 4) is 23.4 Å². The van der Waals surface area contributed by atoms with E-state index in [0.29, 0.717) is 29.6 Å². The van der Waals surface area contributed by atoms with E-state index in [-0.39, 0.29) is 19.1 Å². The standard InChI is InChI=1S/C18H20N4O4/c1-3-24-14-8-11(4-5-13(14)25-7-6-23)16-12(9-19)17(20)26-18-15(16)10(2)21-22-18/h4-5,8,16,23H,3,6-7,20H2,1-2H3,(H,21,22)/t16-/m0/s1. The number of rotatable bonds is 6. The smallest absolute Gasteiger partial charge is 0.244 e. The van der Waals surface area contributed by atoms with Gasteiger partial charge in [0.05, 0.1) is 19.1 Å². The van der Waals surface area contributed by atoms with E-state index in [2.05, 4.69) is 16.3 Å². The van der Waals surface area contributed by atoms with Crippen molar-refractivity contribution in [2.45, 2.75) is 19.8 Å². The van der Waals surface area contributed by atoms with Crippen LogP contribution in [0.3, 0.4) is 0 Å². The van der Waals surface area contributed by atoms with Gasteiger partial charge in [-0.15, -0.1) is 5.10 Å². The number of aliphatic hydroxyl groups excluding tert-OH is 1. The van der Waals surface area contributed by atoms with Crippen LogP contribution >= 0.6 is 0 Å². The molecule has 0 unspecified atom stereocenters. The molecule has 136 valence electrons. The highest BCUT2D eigenvalue weighted by molar-refractivity contribution is 5.57. The number of hydrogen-bond acceptors (Lipinski definition) is 7. The lowest BCUT2D eigenvalue weighted by atomic mass is 9.84. The molecule has 26 heavy (non-hydrogen) atoms. The summed E-state index contributed by atoms with van der Waals surface area (Å²) in [6.07, 6.45) is 0. The molecule has 2 heterocycles. The third kappa shape index (κ3) is 3.05. The van der Waals surface area contributed by atoms with Crippen LogP contribution in [-0.4, -0.2) is 35.1 Å². The highest BCUT2D eigenvalue weighted by atomic mass is 16.5. The minimum Gasteiger partial charge on any atom is -0.490 e. The molecule has 4 N–H and O–H groups in total. The fourth-order valence-electron chi connectivity index (χ4n) is 2.98. The first-order valence-corrected chi connectivity index (χ1v) is 8.23. The molecule has 0 aliphatic carbocycles. The van der Waals surface area contributed by atoms with Gasteiger partial charge in [0.25, 0.3) is 0 Å². The molecule has 0 radical (unpaired) electrons. The van der Waals surface area contributed by atoms with Crippen LogP contribution < -0.4 is 19.9 Å². The molecule has 1 aliphatic heterocycles. The van der Waals surface area contributed by atoms with Gasteiger partial charge in [-0.1, -0.05) is 6.07 Å². The van der Waals surface area contributed by atoms with Crippen molar-refractivity contribution in [2.24, 2.45) is 5.73 Å². The Morgan fingerprint density at radius 1 is 1.38 bits per heavy atom. The van der Waals surface area contributed by atoms with Gasteiger partial charge in [0.2, 0.25) is 11.8 Å². The van der Waals surface area contributed by atoms with Gasteiger partial charge in [0, 0.05) is 11.3 Å². The zero-order valence-electron chi connectivity index (χ0n) is 14.6. The van der Waals surface area contributed by atoms with Crippen LogP contribution in [0.4, 0.5) is 0 Å². The van der Waals surface area contributed by atoms with Gasteiger partial charge in [0.15, 0.2) is 11.5 Å². The second-order valence-electron chi connectivity index (χ2n) is 5.70. The lowest BCUT2D eigenvalue weighted by Crippen LogP contribution is -2.21. The first kappa shape index (κ1) is 17.6. The number of nitrogens with two attached hydrogens (primary N) is 1.